The molecular weight excluding hydrogens is 320 g/mol. The van der Waals surface area contributed by atoms with E-state index in [0.29, 0.717) is 11.3 Å². The molecule has 0 aliphatic heterocycles. The number of benzene rings is 2. The molecule has 7 nitrogen and oxygen atoms in total. The van der Waals surface area contributed by atoms with Crippen molar-refractivity contribution in [3.8, 4) is 0 Å². The number of nitrogens with one attached hydrogen (secondary N) is 1. The first-order valence-corrected chi connectivity index (χ1v) is 8.48. The van der Waals surface area contributed by atoms with E-state index < -0.39 is 14.8 Å². The molecule has 0 aliphatic carbocycles. The molecule has 23 heavy (non-hydrogen) atoms. The van der Waals surface area contributed by atoms with Crippen molar-refractivity contribution in [2.24, 2.45) is 0 Å². The molecule has 1 amide bonds. The maximum atomic E-state index is 12.0. The second-order valence-electron chi connectivity index (χ2n) is 4.95. The van der Waals surface area contributed by atoms with Crippen molar-refractivity contribution < 1.29 is 18.1 Å². The molecule has 0 aliphatic rings. The van der Waals surface area contributed by atoms with E-state index in [1.54, 1.807) is 6.07 Å². The van der Waals surface area contributed by atoms with Crippen LogP contribution in [0.2, 0.25) is 0 Å². The Morgan fingerprint density at radius 1 is 1.17 bits per heavy atom. The van der Waals surface area contributed by atoms with Gasteiger partial charge in [0.1, 0.15) is 0 Å². The van der Waals surface area contributed by atoms with Gasteiger partial charge < -0.3 is 5.32 Å². The fourth-order valence-electron chi connectivity index (χ4n) is 1.93. The van der Waals surface area contributed by atoms with E-state index in [1.165, 1.54) is 42.5 Å². The Bertz CT molecular complexity index is 844. The number of hydrogen-bond donors (Lipinski definition) is 1. The highest BCUT2D eigenvalue weighted by Gasteiger charge is 2.10. The fourth-order valence-corrected chi connectivity index (χ4v) is 2.60. The topological polar surface area (TPSA) is 106 Å². The minimum absolute atomic E-state index is 0.0289. The number of nitro benzene ring substituents is 1. The summed E-state index contributed by atoms with van der Waals surface area (Å²) < 4.78 is 23.0. The van der Waals surface area contributed by atoms with Gasteiger partial charge in [-0.3, -0.25) is 14.9 Å². The molecular formula is C15H14N2O5S. The summed E-state index contributed by atoms with van der Waals surface area (Å²) in [5.74, 6) is -0.343. The summed E-state index contributed by atoms with van der Waals surface area (Å²) in [5.41, 5.74) is 0.946. The zero-order chi connectivity index (χ0) is 17.0. The lowest BCUT2D eigenvalue weighted by molar-refractivity contribution is -0.384. The van der Waals surface area contributed by atoms with Crippen molar-refractivity contribution in [3.63, 3.8) is 0 Å². The second-order valence-corrected chi connectivity index (χ2v) is 6.96. The van der Waals surface area contributed by atoms with Gasteiger partial charge in [0.2, 0.25) is 5.91 Å². The van der Waals surface area contributed by atoms with Gasteiger partial charge in [-0.05, 0) is 23.8 Å². The third-order valence-corrected chi connectivity index (χ3v) is 4.17. The Morgan fingerprint density at radius 2 is 1.83 bits per heavy atom. The smallest absolute Gasteiger partial charge is 0.269 e. The quantitative estimate of drug-likeness (QED) is 0.666. The van der Waals surface area contributed by atoms with E-state index in [-0.39, 0.29) is 22.9 Å². The Balaban J connectivity index is 2.06. The van der Waals surface area contributed by atoms with E-state index in [1.807, 2.05) is 0 Å². The molecule has 2 aromatic rings. The number of carbonyl (C=O) groups excluding carboxylic acids is 1. The van der Waals surface area contributed by atoms with Crippen LogP contribution in [0.3, 0.4) is 0 Å². The molecule has 0 saturated carbocycles. The molecule has 0 atom stereocenters. The van der Waals surface area contributed by atoms with Crippen LogP contribution in [0.4, 0.5) is 11.4 Å². The zero-order valence-electron chi connectivity index (χ0n) is 12.2. The number of anilines is 1. The van der Waals surface area contributed by atoms with Gasteiger partial charge in [-0.2, -0.15) is 0 Å². The van der Waals surface area contributed by atoms with Crippen molar-refractivity contribution in [1.29, 1.82) is 0 Å². The number of rotatable bonds is 5. The summed E-state index contributed by atoms with van der Waals surface area (Å²) >= 11 is 0. The van der Waals surface area contributed by atoms with Gasteiger partial charge >= 0.3 is 0 Å². The van der Waals surface area contributed by atoms with Crippen molar-refractivity contribution in [2.45, 2.75) is 11.3 Å². The van der Waals surface area contributed by atoms with Crippen molar-refractivity contribution >= 4 is 27.1 Å². The van der Waals surface area contributed by atoms with Crippen molar-refractivity contribution in [2.75, 3.05) is 11.6 Å². The maximum Gasteiger partial charge on any atom is 0.269 e. The lowest BCUT2D eigenvalue weighted by atomic mass is 10.1. The molecule has 0 aromatic heterocycles. The SMILES string of the molecule is CS(=O)(=O)c1cccc(NC(=O)Cc2ccc([N+](=O)[O-])cc2)c1. The van der Waals surface area contributed by atoms with Gasteiger partial charge in [-0.1, -0.05) is 18.2 Å². The average Bonchev–Trinajstić information content (AvgIpc) is 2.47. The number of sulfone groups is 1. The van der Waals surface area contributed by atoms with Crippen molar-refractivity contribution in [3.05, 3.63) is 64.2 Å². The van der Waals surface area contributed by atoms with Gasteiger partial charge in [0.05, 0.1) is 16.2 Å². The van der Waals surface area contributed by atoms with Crippen LogP contribution < -0.4 is 5.32 Å². The van der Waals surface area contributed by atoms with Crippen LogP contribution in [0, 0.1) is 10.1 Å². The Kier molecular flexibility index (Phi) is 4.75. The third kappa shape index (κ3) is 4.62. The van der Waals surface area contributed by atoms with Gasteiger partial charge in [-0.15, -0.1) is 0 Å². The van der Waals surface area contributed by atoms with E-state index in [9.17, 15) is 23.3 Å². The first kappa shape index (κ1) is 16.6. The Labute approximate surface area is 133 Å². The molecule has 1 N–H and O–H groups in total. The van der Waals surface area contributed by atoms with Gasteiger partial charge in [0, 0.05) is 24.1 Å². The molecule has 120 valence electrons. The molecule has 0 fully saturated rings. The van der Waals surface area contributed by atoms with Gasteiger partial charge in [0.25, 0.3) is 5.69 Å². The van der Waals surface area contributed by atoms with Crippen LogP contribution in [0.1, 0.15) is 5.56 Å². The largest absolute Gasteiger partial charge is 0.326 e. The summed E-state index contributed by atoms with van der Waals surface area (Å²) in [6.07, 6.45) is 1.12. The zero-order valence-corrected chi connectivity index (χ0v) is 13.0. The molecule has 0 saturated heterocycles. The second kappa shape index (κ2) is 6.57. The molecule has 8 heteroatoms. The number of non-ortho nitro benzene ring substituents is 1. The molecule has 0 radical (unpaired) electrons. The minimum Gasteiger partial charge on any atom is -0.326 e. The molecule has 0 spiro atoms. The lowest BCUT2D eigenvalue weighted by Gasteiger charge is -2.07. The number of nitrogens with zero attached hydrogens (tertiary/aromatic N) is 1. The van der Waals surface area contributed by atoms with Crippen LogP contribution in [-0.4, -0.2) is 25.5 Å². The summed E-state index contributed by atoms with van der Waals surface area (Å²) in [5, 5.41) is 13.2. The fraction of sp³-hybridized carbons (Fsp3) is 0.133. The van der Waals surface area contributed by atoms with Crippen LogP contribution in [0.15, 0.2) is 53.4 Å². The summed E-state index contributed by atoms with van der Waals surface area (Å²) in [4.78, 5) is 22.1. The third-order valence-electron chi connectivity index (χ3n) is 3.06. The van der Waals surface area contributed by atoms with Gasteiger partial charge in [-0.25, -0.2) is 8.42 Å². The molecule has 0 unspecified atom stereocenters. The van der Waals surface area contributed by atoms with Crippen LogP contribution in [0.5, 0.6) is 0 Å². The molecule has 2 aromatic carbocycles. The number of amides is 1. The predicted octanol–water partition coefficient (Wildman–Crippen LogP) is 2.18. The average molecular weight is 334 g/mol. The molecule has 0 heterocycles. The lowest BCUT2D eigenvalue weighted by Crippen LogP contribution is -2.14. The van der Waals surface area contributed by atoms with E-state index in [0.717, 1.165) is 6.26 Å². The van der Waals surface area contributed by atoms with Crippen LogP contribution in [-0.2, 0) is 21.1 Å². The monoisotopic (exact) mass is 334 g/mol. The normalized spacial score (nSPS) is 11.0. The number of carbonyl (C=O) groups is 1. The van der Waals surface area contributed by atoms with Crippen molar-refractivity contribution in [1.82, 2.24) is 0 Å². The summed E-state index contributed by atoms with van der Waals surface area (Å²) in [6.45, 7) is 0. The minimum atomic E-state index is -3.35. The first-order valence-electron chi connectivity index (χ1n) is 6.59. The van der Waals surface area contributed by atoms with Crippen LogP contribution >= 0.6 is 0 Å². The standard InChI is InChI=1S/C15H14N2O5S/c1-23(21,22)14-4-2-3-12(10-14)16-15(18)9-11-5-7-13(8-6-11)17(19)20/h2-8,10H,9H2,1H3,(H,16,18). The Morgan fingerprint density at radius 3 is 2.39 bits per heavy atom. The predicted molar refractivity (Wildman–Crippen MR) is 85.0 cm³/mol. The maximum absolute atomic E-state index is 12.0. The molecule has 2 rings (SSSR count). The highest BCUT2D eigenvalue weighted by atomic mass is 32.2. The summed E-state index contributed by atoms with van der Waals surface area (Å²) in [7, 11) is -3.35. The first-order chi connectivity index (χ1) is 10.8. The van der Waals surface area contributed by atoms with Gasteiger partial charge in [0.15, 0.2) is 9.84 Å². The highest BCUT2D eigenvalue weighted by Crippen LogP contribution is 2.16. The van der Waals surface area contributed by atoms with E-state index in [2.05, 4.69) is 5.32 Å². The number of nitro groups is 1. The molecule has 0 bridgehead atoms. The Hall–Kier alpha value is -2.74. The summed E-state index contributed by atoms with van der Waals surface area (Å²) in [6, 6.07) is 11.6. The van der Waals surface area contributed by atoms with Crippen LogP contribution in [0.25, 0.3) is 0 Å². The number of hydrogen-bond acceptors (Lipinski definition) is 5. The van der Waals surface area contributed by atoms with E-state index in [4.69, 9.17) is 0 Å². The van der Waals surface area contributed by atoms with E-state index >= 15 is 0 Å². The highest BCUT2D eigenvalue weighted by molar-refractivity contribution is 7.90.